The van der Waals surface area contributed by atoms with Crippen LogP contribution in [0.25, 0.3) is 0 Å². The molecule has 1 aliphatic rings. The monoisotopic (exact) mass is 254 g/mol. The average Bonchev–Trinajstić information content (AvgIpc) is 2.25. The number of hydrogen-bond acceptors (Lipinski definition) is 3. The van der Waals surface area contributed by atoms with E-state index >= 15 is 0 Å². The van der Waals surface area contributed by atoms with E-state index in [1.807, 2.05) is 19.1 Å². The first-order chi connectivity index (χ1) is 7.82. The van der Waals surface area contributed by atoms with Gasteiger partial charge in [0.25, 0.3) is 0 Å². The molecule has 0 heterocycles. The molecule has 4 heteroatoms. The Kier molecular flexibility index (Phi) is 3.00. The number of nitrogens with one attached hydrogen (secondary N) is 1. The van der Waals surface area contributed by atoms with Crippen LogP contribution in [0.4, 0.5) is 11.4 Å². The molecular formula is C13H19ClN2O. The summed E-state index contributed by atoms with van der Waals surface area (Å²) in [7, 11) is 0. The Labute approximate surface area is 107 Å². The maximum absolute atomic E-state index is 9.71. The summed E-state index contributed by atoms with van der Waals surface area (Å²) in [6.45, 7) is 6.12. The zero-order chi connectivity index (χ0) is 12.8. The Morgan fingerprint density at radius 3 is 2.65 bits per heavy atom. The van der Waals surface area contributed by atoms with Gasteiger partial charge >= 0.3 is 0 Å². The third-order valence-corrected chi connectivity index (χ3v) is 4.22. The Balaban J connectivity index is 2.18. The van der Waals surface area contributed by atoms with Crippen molar-refractivity contribution >= 4 is 23.0 Å². The summed E-state index contributed by atoms with van der Waals surface area (Å²) in [6, 6.07) is 4.00. The van der Waals surface area contributed by atoms with Crippen LogP contribution in [0.5, 0.6) is 0 Å². The highest BCUT2D eigenvalue weighted by molar-refractivity contribution is 6.33. The molecule has 4 N–H and O–H groups in total. The van der Waals surface area contributed by atoms with Gasteiger partial charge in [-0.2, -0.15) is 0 Å². The highest BCUT2D eigenvalue weighted by atomic mass is 35.5. The van der Waals surface area contributed by atoms with Crippen LogP contribution in [-0.2, 0) is 0 Å². The number of hydrogen-bond donors (Lipinski definition) is 3. The fourth-order valence-electron chi connectivity index (χ4n) is 2.19. The molecule has 0 spiro atoms. The fraction of sp³-hybridized carbons (Fsp3) is 0.538. The minimum absolute atomic E-state index is 0.0969. The minimum Gasteiger partial charge on any atom is -0.398 e. The van der Waals surface area contributed by atoms with Crippen LogP contribution in [-0.4, -0.2) is 17.3 Å². The summed E-state index contributed by atoms with van der Waals surface area (Å²) in [6.07, 6.45) is 0.540. The zero-order valence-electron chi connectivity index (χ0n) is 10.4. The number of rotatable bonds is 2. The summed E-state index contributed by atoms with van der Waals surface area (Å²) < 4.78 is 0. The molecule has 1 saturated carbocycles. The molecule has 2 atom stereocenters. The molecule has 2 unspecified atom stereocenters. The van der Waals surface area contributed by atoms with E-state index < -0.39 is 0 Å². The lowest BCUT2D eigenvalue weighted by molar-refractivity contribution is -0.0510. The molecule has 1 aromatic carbocycles. The smallest absolute Gasteiger partial charge is 0.0656 e. The van der Waals surface area contributed by atoms with Gasteiger partial charge in [0.15, 0.2) is 0 Å². The molecule has 2 rings (SSSR count). The lowest BCUT2D eigenvalue weighted by Gasteiger charge is -2.50. The topological polar surface area (TPSA) is 58.3 Å². The second kappa shape index (κ2) is 4.07. The number of nitrogen functional groups attached to an aromatic ring is 1. The van der Waals surface area contributed by atoms with Crippen molar-refractivity contribution in [2.75, 3.05) is 11.1 Å². The van der Waals surface area contributed by atoms with Crippen molar-refractivity contribution in [1.82, 2.24) is 0 Å². The summed E-state index contributed by atoms with van der Waals surface area (Å²) in [4.78, 5) is 0. The van der Waals surface area contributed by atoms with E-state index in [0.29, 0.717) is 10.7 Å². The van der Waals surface area contributed by atoms with Crippen molar-refractivity contribution in [1.29, 1.82) is 0 Å². The zero-order valence-corrected chi connectivity index (χ0v) is 11.2. The summed E-state index contributed by atoms with van der Waals surface area (Å²) >= 11 is 6.02. The van der Waals surface area contributed by atoms with Crippen molar-refractivity contribution in [3.8, 4) is 0 Å². The van der Waals surface area contributed by atoms with E-state index in [0.717, 1.165) is 17.7 Å². The van der Waals surface area contributed by atoms with Gasteiger partial charge in [-0.15, -0.1) is 0 Å². The van der Waals surface area contributed by atoms with Gasteiger partial charge in [-0.05, 0) is 31.0 Å². The standard InChI is InChI=1S/C13H19ClN2O/c1-7-4-9(15)8(14)5-10(7)16-11-6-12(17)13(11,2)3/h4-5,11-12,16-17H,6,15H2,1-3H3. The first-order valence-corrected chi connectivity index (χ1v) is 6.20. The number of benzene rings is 1. The SMILES string of the molecule is Cc1cc(N)c(Cl)cc1NC1CC(O)C1(C)C. The second-order valence-corrected chi connectivity index (χ2v) is 5.87. The molecule has 3 nitrogen and oxygen atoms in total. The molecule has 1 aliphatic carbocycles. The molecule has 1 fully saturated rings. The predicted octanol–water partition coefficient (Wildman–Crippen LogP) is 2.80. The normalized spacial score (nSPS) is 26.4. The molecular weight excluding hydrogens is 236 g/mol. The Morgan fingerprint density at radius 1 is 1.47 bits per heavy atom. The minimum atomic E-state index is -0.232. The van der Waals surface area contributed by atoms with Gasteiger partial charge < -0.3 is 16.2 Å². The third kappa shape index (κ3) is 2.09. The molecule has 0 bridgehead atoms. The van der Waals surface area contributed by atoms with Gasteiger partial charge in [-0.3, -0.25) is 0 Å². The molecule has 0 amide bonds. The number of halogens is 1. The Morgan fingerprint density at radius 2 is 2.12 bits per heavy atom. The van der Waals surface area contributed by atoms with Crippen LogP contribution in [0.2, 0.25) is 5.02 Å². The molecule has 17 heavy (non-hydrogen) atoms. The van der Waals surface area contributed by atoms with Crippen LogP contribution in [0.15, 0.2) is 12.1 Å². The lowest BCUT2D eigenvalue weighted by atomic mass is 9.64. The van der Waals surface area contributed by atoms with Crippen molar-refractivity contribution < 1.29 is 5.11 Å². The fourth-order valence-corrected chi connectivity index (χ4v) is 2.36. The van der Waals surface area contributed by atoms with Crippen molar-refractivity contribution in [2.45, 2.75) is 39.3 Å². The van der Waals surface area contributed by atoms with Crippen molar-refractivity contribution in [3.05, 3.63) is 22.7 Å². The van der Waals surface area contributed by atoms with E-state index in [1.54, 1.807) is 0 Å². The van der Waals surface area contributed by atoms with Crippen LogP contribution < -0.4 is 11.1 Å². The van der Waals surface area contributed by atoms with E-state index in [4.69, 9.17) is 17.3 Å². The molecule has 0 saturated heterocycles. The van der Waals surface area contributed by atoms with Crippen LogP contribution in [0.1, 0.15) is 25.8 Å². The molecule has 1 aromatic rings. The van der Waals surface area contributed by atoms with Gasteiger partial charge in [-0.1, -0.05) is 25.4 Å². The van der Waals surface area contributed by atoms with E-state index in [2.05, 4.69) is 19.2 Å². The van der Waals surface area contributed by atoms with E-state index in [9.17, 15) is 5.11 Å². The maximum Gasteiger partial charge on any atom is 0.0656 e. The summed E-state index contributed by atoms with van der Waals surface area (Å²) in [5.74, 6) is 0. The van der Waals surface area contributed by atoms with Gasteiger partial charge in [0.1, 0.15) is 0 Å². The van der Waals surface area contributed by atoms with Crippen molar-refractivity contribution in [3.63, 3.8) is 0 Å². The van der Waals surface area contributed by atoms with Crippen LogP contribution >= 0.6 is 11.6 Å². The first-order valence-electron chi connectivity index (χ1n) is 5.82. The molecule has 0 radical (unpaired) electrons. The second-order valence-electron chi connectivity index (χ2n) is 5.46. The largest absolute Gasteiger partial charge is 0.398 e. The molecule has 94 valence electrons. The van der Waals surface area contributed by atoms with Gasteiger partial charge in [-0.25, -0.2) is 0 Å². The van der Waals surface area contributed by atoms with Crippen molar-refractivity contribution in [2.24, 2.45) is 5.41 Å². The number of aryl methyl sites for hydroxylation is 1. The maximum atomic E-state index is 9.71. The van der Waals surface area contributed by atoms with Crippen LogP contribution in [0.3, 0.4) is 0 Å². The number of aliphatic hydroxyl groups excluding tert-OH is 1. The van der Waals surface area contributed by atoms with E-state index in [-0.39, 0.29) is 17.6 Å². The summed E-state index contributed by atoms with van der Waals surface area (Å²) in [5, 5.41) is 13.7. The predicted molar refractivity (Wildman–Crippen MR) is 72.4 cm³/mol. The summed E-state index contributed by atoms with van der Waals surface area (Å²) in [5.41, 5.74) is 8.31. The Bertz CT molecular complexity index is 445. The molecule has 0 aromatic heterocycles. The molecule has 0 aliphatic heterocycles. The van der Waals surface area contributed by atoms with Gasteiger partial charge in [0, 0.05) is 17.1 Å². The van der Waals surface area contributed by atoms with Gasteiger partial charge in [0.05, 0.1) is 16.8 Å². The Hall–Kier alpha value is -0.930. The van der Waals surface area contributed by atoms with E-state index in [1.165, 1.54) is 0 Å². The van der Waals surface area contributed by atoms with Crippen LogP contribution in [0, 0.1) is 12.3 Å². The third-order valence-electron chi connectivity index (χ3n) is 3.89. The first kappa shape index (κ1) is 12.5. The average molecular weight is 255 g/mol. The number of aliphatic hydroxyl groups is 1. The number of anilines is 2. The quantitative estimate of drug-likeness (QED) is 0.712. The lowest BCUT2D eigenvalue weighted by Crippen LogP contribution is -2.56. The highest BCUT2D eigenvalue weighted by Gasteiger charge is 2.47. The van der Waals surface area contributed by atoms with Gasteiger partial charge in [0.2, 0.25) is 0 Å². The highest BCUT2D eigenvalue weighted by Crippen LogP contribution is 2.43. The number of nitrogens with two attached hydrogens (primary N) is 1.